The standard InChI is InChI=1S/C21H24N2O4/c1-21(2,3)27-20(25)22-16-7-10-18-15(11-16)13-23(19(18)24)12-14-5-8-17(26-4)9-6-14/h5-11H,12-13H2,1-4H3,(H,22,25). The van der Waals surface area contributed by atoms with Crippen LogP contribution in [-0.4, -0.2) is 29.6 Å². The molecule has 2 aromatic rings. The maximum atomic E-state index is 12.6. The molecule has 1 N–H and O–H groups in total. The minimum absolute atomic E-state index is 0.00960. The van der Waals surface area contributed by atoms with Gasteiger partial charge in [0.15, 0.2) is 0 Å². The van der Waals surface area contributed by atoms with Gasteiger partial charge in [0.1, 0.15) is 11.4 Å². The lowest BCUT2D eigenvalue weighted by Crippen LogP contribution is -2.27. The Balaban J connectivity index is 1.68. The summed E-state index contributed by atoms with van der Waals surface area (Å²) in [6.07, 6.45) is -0.512. The van der Waals surface area contributed by atoms with Gasteiger partial charge in [-0.3, -0.25) is 10.1 Å². The molecular weight excluding hydrogens is 344 g/mol. The summed E-state index contributed by atoms with van der Waals surface area (Å²) in [5.41, 5.74) is 2.64. The summed E-state index contributed by atoms with van der Waals surface area (Å²) >= 11 is 0. The van der Waals surface area contributed by atoms with Gasteiger partial charge in [-0.25, -0.2) is 4.79 Å². The number of rotatable bonds is 4. The molecule has 0 bridgehead atoms. The average Bonchev–Trinajstić information content (AvgIpc) is 2.89. The number of nitrogens with zero attached hydrogens (tertiary/aromatic N) is 1. The summed E-state index contributed by atoms with van der Waals surface area (Å²) in [6.45, 7) is 6.46. The molecule has 0 fully saturated rings. The first kappa shape index (κ1) is 18.8. The SMILES string of the molecule is COc1ccc(CN2Cc3cc(NC(=O)OC(C)(C)C)ccc3C2=O)cc1. The quantitative estimate of drug-likeness (QED) is 0.878. The van der Waals surface area contributed by atoms with Gasteiger partial charge in [0.05, 0.1) is 7.11 Å². The van der Waals surface area contributed by atoms with Crippen LogP contribution in [0.4, 0.5) is 10.5 Å². The van der Waals surface area contributed by atoms with Gasteiger partial charge >= 0.3 is 6.09 Å². The highest BCUT2D eigenvalue weighted by molar-refractivity contribution is 5.99. The fraction of sp³-hybridized carbons (Fsp3) is 0.333. The maximum Gasteiger partial charge on any atom is 0.412 e. The van der Waals surface area contributed by atoms with E-state index in [-0.39, 0.29) is 5.91 Å². The van der Waals surface area contributed by atoms with E-state index in [0.717, 1.165) is 16.9 Å². The first-order chi connectivity index (χ1) is 12.7. The van der Waals surface area contributed by atoms with Gasteiger partial charge in [-0.2, -0.15) is 0 Å². The molecule has 1 aliphatic rings. The second-order valence-electron chi connectivity index (χ2n) is 7.51. The predicted octanol–water partition coefficient (Wildman–Crippen LogP) is 4.20. The number of carbonyl (C=O) groups excluding carboxylic acids is 2. The van der Waals surface area contributed by atoms with Crippen LogP contribution < -0.4 is 10.1 Å². The van der Waals surface area contributed by atoms with E-state index in [1.54, 1.807) is 24.1 Å². The van der Waals surface area contributed by atoms with Crippen LogP contribution in [0.25, 0.3) is 0 Å². The van der Waals surface area contributed by atoms with Crippen LogP contribution in [0.1, 0.15) is 42.3 Å². The fourth-order valence-electron chi connectivity index (χ4n) is 2.96. The molecule has 0 aromatic heterocycles. The second-order valence-corrected chi connectivity index (χ2v) is 7.51. The Kier molecular flexibility index (Phi) is 5.08. The van der Waals surface area contributed by atoms with Gasteiger partial charge in [-0.1, -0.05) is 12.1 Å². The van der Waals surface area contributed by atoms with Gasteiger partial charge in [-0.15, -0.1) is 0 Å². The lowest BCUT2D eigenvalue weighted by molar-refractivity contribution is 0.0635. The van der Waals surface area contributed by atoms with E-state index in [2.05, 4.69) is 5.32 Å². The highest BCUT2D eigenvalue weighted by Gasteiger charge is 2.27. The lowest BCUT2D eigenvalue weighted by Gasteiger charge is -2.19. The number of benzene rings is 2. The molecule has 3 rings (SSSR count). The molecular formula is C21H24N2O4. The molecule has 0 atom stereocenters. The molecule has 2 aromatic carbocycles. The van der Waals surface area contributed by atoms with Crippen molar-refractivity contribution in [2.75, 3.05) is 12.4 Å². The predicted molar refractivity (Wildman–Crippen MR) is 103 cm³/mol. The van der Waals surface area contributed by atoms with E-state index in [1.807, 2.05) is 51.1 Å². The lowest BCUT2D eigenvalue weighted by atomic mass is 10.1. The van der Waals surface area contributed by atoms with E-state index in [4.69, 9.17) is 9.47 Å². The Morgan fingerprint density at radius 3 is 2.48 bits per heavy atom. The molecule has 6 heteroatoms. The summed E-state index contributed by atoms with van der Waals surface area (Å²) in [5, 5.41) is 2.72. The normalized spacial score (nSPS) is 13.3. The maximum absolute atomic E-state index is 12.6. The van der Waals surface area contributed by atoms with E-state index < -0.39 is 11.7 Å². The van der Waals surface area contributed by atoms with Gasteiger partial charge in [0, 0.05) is 24.3 Å². The molecule has 6 nitrogen and oxygen atoms in total. The molecule has 27 heavy (non-hydrogen) atoms. The van der Waals surface area contributed by atoms with E-state index in [0.29, 0.717) is 24.3 Å². The third kappa shape index (κ3) is 4.58. The van der Waals surface area contributed by atoms with Crippen molar-refractivity contribution in [2.45, 2.75) is 39.5 Å². The Labute approximate surface area is 159 Å². The third-order valence-corrected chi connectivity index (χ3v) is 4.16. The monoisotopic (exact) mass is 368 g/mol. The summed E-state index contributed by atoms with van der Waals surface area (Å²) in [7, 11) is 1.62. The van der Waals surface area contributed by atoms with Crippen molar-refractivity contribution in [1.29, 1.82) is 0 Å². The Bertz CT molecular complexity index is 853. The number of fused-ring (bicyclic) bond motifs is 1. The van der Waals surface area contributed by atoms with Crippen LogP contribution >= 0.6 is 0 Å². The number of hydrogen-bond donors (Lipinski definition) is 1. The number of amides is 2. The summed E-state index contributed by atoms with van der Waals surface area (Å²) in [5.74, 6) is 0.775. The van der Waals surface area contributed by atoms with Gasteiger partial charge in [-0.05, 0) is 62.2 Å². The van der Waals surface area contributed by atoms with Crippen molar-refractivity contribution in [1.82, 2.24) is 4.90 Å². The molecule has 0 saturated heterocycles. The number of methoxy groups -OCH3 is 1. The third-order valence-electron chi connectivity index (χ3n) is 4.16. The number of hydrogen-bond acceptors (Lipinski definition) is 4. The molecule has 0 saturated carbocycles. The molecule has 142 valence electrons. The van der Waals surface area contributed by atoms with Crippen molar-refractivity contribution in [2.24, 2.45) is 0 Å². The summed E-state index contributed by atoms with van der Waals surface area (Å²) in [6, 6.07) is 13.0. The topological polar surface area (TPSA) is 67.9 Å². The molecule has 0 radical (unpaired) electrons. The summed E-state index contributed by atoms with van der Waals surface area (Å²) < 4.78 is 10.4. The van der Waals surface area contributed by atoms with E-state index in [9.17, 15) is 9.59 Å². The van der Waals surface area contributed by atoms with Crippen molar-refractivity contribution in [3.63, 3.8) is 0 Å². The fourth-order valence-corrected chi connectivity index (χ4v) is 2.96. The van der Waals surface area contributed by atoms with E-state index >= 15 is 0 Å². The number of anilines is 1. The molecule has 1 aliphatic heterocycles. The highest BCUT2D eigenvalue weighted by atomic mass is 16.6. The van der Waals surface area contributed by atoms with Crippen LogP contribution in [-0.2, 0) is 17.8 Å². The number of nitrogens with one attached hydrogen (secondary N) is 1. The van der Waals surface area contributed by atoms with Gasteiger partial charge < -0.3 is 14.4 Å². The zero-order valence-electron chi connectivity index (χ0n) is 16.0. The minimum atomic E-state index is -0.564. The van der Waals surface area contributed by atoms with Crippen molar-refractivity contribution >= 4 is 17.7 Å². The van der Waals surface area contributed by atoms with Crippen molar-refractivity contribution in [3.8, 4) is 5.75 Å². The molecule has 0 aliphatic carbocycles. The van der Waals surface area contributed by atoms with Crippen LogP contribution in [0.3, 0.4) is 0 Å². The molecule has 2 amide bonds. The van der Waals surface area contributed by atoms with Crippen molar-refractivity contribution in [3.05, 3.63) is 59.2 Å². The van der Waals surface area contributed by atoms with Gasteiger partial charge in [0.2, 0.25) is 0 Å². The first-order valence-corrected chi connectivity index (χ1v) is 8.80. The van der Waals surface area contributed by atoms with Crippen LogP contribution in [0.2, 0.25) is 0 Å². The minimum Gasteiger partial charge on any atom is -0.497 e. The Morgan fingerprint density at radius 2 is 1.85 bits per heavy atom. The van der Waals surface area contributed by atoms with E-state index in [1.165, 1.54) is 0 Å². The van der Waals surface area contributed by atoms with Crippen LogP contribution in [0.15, 0.2) is 42.5 Å². The molecule has 0 unspecified atom stereocenters. The smallest absolute Gasteiger partial charge is 0.412 e. The summed E-state index contributed by atoms with van der Waals surface area (Å²) in [4.78, 5) is 26.3. The zero-order valence-corrected chi connectivity index (χ0v) is 16.0. The number of ether oxygens (including phenoxy) is 2. The van der Waals surface area contributed by atoms with Crippen LogP contribution in [0, 0.1) is 0 Å². The Hall–Kier alpha value is -3.02. The zero-order chi connectivity index (χ0) is 19.6. The van der Waals surface area contributed by atoms with Crippen LogP contribution in [0.5, 0.6) is 5.75 Å². The second kappa shape index (κ2) is 7.31. The Morgan fingerprint density at radius 1 is 1.15 bits per heavy atom. The highest BCUT2D eigenvalue weighted by Crippen LogP contribution is 2.27. The largest absolute Gasteiger partial charge is 0.497 e. The average molecular weight is 368 g/mol. The first-order valence-electron chi connectivity index (χ1n) is 8.80. The molecule has 1 heterocycles. The molecule has 0 spiro atoms. The van der Waals surface area contributed by atoms with Crippen molar-refractivity contribution < 1.29 is 19.1 Å². The van der Waals surface area contributed by atoms with Gasteiger partial charge in [0.25, 0.3) is 5.91 Å². The number of carbonyl (C=O) groups is 2.